The van der Waals surface area contributed by atoms with Crippen molar-refractivity contribution in [2.24, 2.45) is 11.8 Å². The summed E-state index contributed by atoms with van der Waals surface area (Å²) in [5, 5.41) is 9.80. The standard InChI is InChI=1S/C17H32O5Si.C17H30O5Si.CH3/c2*1-10-14-12(21-15(10)18)8-11-13(20-14)9-19-23(22-11,16(2,3)4)17(5,6)7;/h10-15,18H,8-9H2,1-7H3;10-14H,8-9H2,1-7H3;1H3/q;;-1/t10-,11-,12+,13-,14+,15?;10-,11-,12+,13-,14+;/m11./s1. The Balaban J connectivity index is 0.000000208. The van der Waals surface area contributed by atoms with E-state index in [0.717, 1.165) is 12.8 Å². The van der Waals surface area contributed by atoms with Gasteiger partial charge in [-0.05, 0) is 6.92 Å². The number of hydrogen-bond acceptors (Lipinski definition) is 10. The quantitative estimate of drug-likeness (QED) is 0.169. The van der Waals surface area contributed by atoms with Crippen molar-refractivity contribution in [3.8, 4) is 0 Å². The number of hydrogen-bond donors (Lipinski definition) is 1. The minimum absolute atomic E-state index is 0. The summed E-state index contributed by atoms with van der Waals surface area (Å²) in [5.41, 5.74) is 0. The molecule has 6 rings (SSSR count). The Hall–Kier alpha value is -0.416. The van der Waals surface area contributed by atoms with Crippen LogP contribution in [-0.4, -0.2) is 96.5 Å². The highest BCUT2D eigenvalue weighted by molar-refractivity contribution is 6.74. The molecule has 47 heavy (non-hydrogen) atoms. The van der Waals surface area contributed by atoms with Crippen LogP contribution in [0.1, 0.15) is 110 Å². The highest BCUT2D eigenvalue weighted by atomic mass is 28.4. The van der Waals surface area contributed by atoms with Gasteiger partial charge in [-0.3, -0.25) is 4.79 Å². The summed E-state index contributed by atoms with van der Waals surface area (Å²) in [6.45, 7) is 31.5. The number of fused-ring (bicyclic) bond motifs is 4. The Labute approximate surface area is 286 Å². The van der Waals surface area contributed by atoms with Gasteiger partial charge in [0, 0.05) is 38.9 Å². The van der Waals surface area contributed by atoms with E-state index in [1.54, 1.807) is 0 Å². The van der Waals surface area contributed by atoms with Crippen molar-refractivity contribution in [2.75, 3.05) is 13.2 Å². The summed E-state index contributed by atoms with van der Waals surface area (Å²) in [5.74, 6) is -0.361. The molecule has 0 amide bonds. The Morgan fingerprint density at radius 3 is 1.43 bits per heavy atom. The second kappa shape index (κ2) is 13.0. The van der Waals surface area contributed by atoms with E-state index in [-0.39, 0.29) is 94.2 Å². The van der Waals surface area contributed by atoms with Gasteiger partial charge in [-0.2, -0.15) is 0 Å². The lowest BCUT2D eigenvalue weighted by molar-refractivity contribution is -0.194. The van der Waals surface area contributed by atoms with E-state index in [9.17, 15) is 9.90 Å². The Morgan fingerprint density at radius 2 is 1.00 bits per heavy atom. The third-order valence-corrected chi connectivity index (χ3v) is 21.4. The zero-order valence-corrected chi connectivity index (χ0v) is 33.8. The first-order chi connectivity index (χ1) is 20.9. The average Bonchev–Trinajstić information content (AvgIpc) is 3.35. The summed E-state index contributed by atoms with van der Waals surface area (Å²) in [6.07, 6.45) is 0.0767. The smallest absolute Gasteiger partial charge is 0.349 e. The Bertz CT molecular complexity index is 1090. The molecule has 0 bridgehead atoms. The van der Waals surface area contributed by atoms with E-state index in [0.29, 0.717) is 13.2 Å². The highest BCUT2D eigenvalue weighted by Gasteiger charge is 2.65. The molecular formula is C35H65O10Si2-. The Morgan fingerprint density at radius 1 is 0.596 bits per heavy atom. The van der Waals surface area contributed by atoms with Crippen LogP contribution in [0.3, 0.4) is 0 Å². The zero-order valence-electron chi connectivity index (χ0n) is 31.8. The molecule has 6 saturated heterocycles. The lowest BCUT2D eigenvalue weighted by Gasteiger charge is -2.56. The summed E-state index contributed by atoms with van der Waals surface area (Å²) in [4.78, 5) is 11.8. The van der Waals surface area contributed by atoms with Gasteiger partial charge in [-0.15, -0.1) is 0 Å². The summed E-state index contributed by atoms with van der Waals surface area (Å²) >= 11 is 0. The molecule has 6 fully saturated rings. The second-order valence-corrected chi connectivity index (χ2v) is 28.1. The zero-order chi connectivity index (χ0) is 34.4. The van der Waals surface area contributed by atoms with E-state index < -0.39 is 23.4 Å². The van der Waals surface area contributed by atoms with Crippen molar-refractivity contribution in [2.45, 2.75) is 185 Å². The van der Waals surface area contributed by atoms with Gasteiger partial charge in [0.05, 0.1) is 43.5 Å². The number of ether oxygens (including phenoxy) is 4. The molecule has 12 heteroatoms. The first-order valence-corrected chi connectivity index (χ1v) is 21.0. The minimum atomic E-state index is -2.49. The molecule has 1 N–H and O–H groups in total. The fraction of sp³-hybridized carbons (Fsp3) is 0.943. The van der Waals surface area contributed by atoms with Crippen LogP contribution >= 0.6 is 0 Å². The van der Waals surface area contributed by atoms with Crippen LogP contribution < -0.4 is 0 Å². The van der Waals surface area contributed by atoms with Crippen molar-refractivity contribution in [3.05, 3.63) is 7.43 Å². The minimum Gasteiger partial charge on any atom is -0.459 e. The number of rotatable bonds is 0. The predicted octanol–water partition coefficient (Wildman–Crippen LogP) is 6.57. The van der Waals surface area contributed by atoms with Crippen LogP contribution in [0.25, 0.3) is 0 Å². The van der Waals surface area contributed by atoms with Gasteiger partial charge in [0.25, 0.3) is 0 Å². The lowest BCUT2D eigenvalue weighted by Crippen LogP contribution is -2.67. The molecule has 0 aromatic carbocycles. The average molecular weight is 702 g/mol. The van der Waals surface area contributed by atoms with Gasteiger partial charge < -0.3 is 49.2 Å². The molecule has 6 aliphatic heterocycles. The van der Waals surface area contributed by atoms with Gasteiger partial charge in [0.2, 0.25) is 0 Å². The highest BCUT2D eigenvalue weighted by Crippen LogP contribution is 2.57. The topological polar surface area (TPSA) is 111 Å². The molecule has 11 atom stereocenters. The van der Waals surface area contributed by atoms with Crippen molar-refractivity contribution < 1.29 is 46.6 Å². The lowest BCUT2D eigenvalue weighted by atomic mass is 9.93. The number of aliphatic hydroxyl groups excluding tert-OH is 1. The molecule has 0 radical (unpaired) electrons. The maximum Gasteiger partial charge on any atom is 0.349 e. The molecule has 1 unspecified atom stereocenters. The van der Waals surface area contributed by atoms with Gasteiger partial charge in [-0.25, -0.2) is 0 Å². The largest absolute Gasteiger partial charge is 0.459 e. The van der Waals surface area contributed by atoms with Crippen LogP contribution in [0, 0.1) is 19.3 Å². The third kappa shape index (κ3) is 6.71. The molecule has 0 spiro atoms. The van der Waals surface area contributed by atoms with Crippen LogP contribution in [0.2, 0.25) is 20.2 Å². The maximum atomic E-state index is 11.8. The molecule has 274 valence electrons. The second-order valence-electron chi connectivity index (χ2n) is 18.6. The SMILES string of the molecule is C[C@H]1C(=O)O[C@H]2C[C@H]3O[Si](C(C)(C)C)(C(C)(C)C)OC[C@H]3O[C@H]21.C[C@H]1C(O)O[C@H]2C[C@H]3O[Si](C(C)(C)C)(C(C)(C)C)OC[C@H]3O[C@H]21.[CH3-]. The van der Waals surface area contributed by atoms with Gasteiger partial charge >= 0.3 is 23.1 Å². The molecule has 0 aromatic heterocycles. The molecule has 0 saturated carbocycles. The van der Waals surface area contributed by atoms with Crippen molar-refractivity contribution in [1.29, 1.82) is 0 Å². The number of carbonyl (C=O) groups is 1. The number of aliphatic hydroxyl groups is 1. The van der Waals surface area contributed by atoms with Crippen LogP contribution in [0.5, 0.6) is 0 Å². The molecule has 0 aromatic rings. The molecule has 10 nitrogen and oxygen atoms in total. The van der Waals surface area contributed by atoms with E-state index in [2.05, 4.69) is 83.1 Å². The number of carbonyl (C=O) groups excluding carboxylic acids is 1. The number of esters is 1. The Kier molecular flexibility index (Phi) is 10.9. The molecule has 6 aliphatic rings. The van der Waals surface area contributed by atoms with E-state index >= 15 is 0 Å². The fourth-order valence-electron chi connectivity index (χ4n) is 9.05. The van der Waals surface area contributed by atoms with Crippen LogP contribution in [-0.2, 0) is 41.4 Å². The van der Waals surface area contributed by atoms with Crippen molar-refractivity contribution in [1.82, 2.24) is 0 Å². The van der Waals surface area contributed by atoms with Crippen LogP contribution in [0.4, 0.5) is 0 Å². The molecule has 0 aliphatic carbocycles. The summed E-state index contributed by atoms with van der Waals surface area (Å²) < 4.78 is 49.8. The predicted molar refractivity (Wildman–Crippen MR) is 184 cm³/mol. The normalized spacial score (nSPS) is 41.2. The van der Waals surface area contributed by atoms with E-state index in [1.165, 1.54) is 0 Å². The van der Waals surface area contributed by atoms with Gasteiger partial charge in [0.1, 0.15) is 24.4 Å². The van der Waals surface area contributed by atoms with E-state index in [1.807, 2.05) is 13.8 Å². The summed E-state index contributed by atoms with van der Waals surface area (Å²) in [7, 11) is -4.96. The van der Waals surface area contributed by atoms with Gasteiger partial charge in [0.15, 0.2) is 6.29 Å². The first-order valence-electron chi connectivity index (χ1n) is 17.4. The van der Waals surface area contributed by atoms with Crippen LogP contribution in [0.15, 0.2) is 0 Å². The van der Waals surface area contributed by atoms with E-state index in [4.69, 9.17) is 36.7 Å². The molecular weight excluding hydrogens is 637 g/mol. The van der Waals surface area contributed by atoms with Crippen molar-refractivity contribution >= 4 is 23.1 Å². The molecule has 6 heterocycles. The summed E-state index contributed by atoms with van der Waals surface area (Å²) in [6, 6.07) is 0. The fourth-order valence-corrected chi connectivity index (χ4v) is 19.0. The maximum absolute atomic E-state index is 11.8. The monoisotopic (exact) mass is 701 g/mol. The first kappa shape index (κ1) is 39.4. The van der Waals surface area contributed by atoms with Gasteiger partial charge in [-0.1, -0.05) is 90.0 Å². The third-order valence-electron chi connectivity index (χ3n) is 11.1. The van der Waals surface area contributed by atoms with Crippen molar-refractivity contribution in [3.63, 3.8) is 0 Å².